The van der Waals surface area contributed by atoms with E-state index in [0.29, 0.717) is 5.41 Å². The van der Waals surface area contributed by atoms with E-state index in [9.17, 15) is 4.79 Å². The van der Waals surface area contributed by atoms with Crippen LogP contribution in [0.15, 0.2) is 30.5 Å². The summed E-state index contributed by atoms with van der Waals surface area (Å²) in [6, 6.07) is 7.93. The zero-order valence-corrected chi connectivity index (χ0v) is 10.7. The van der Waals surface area contributed by atoms with Crippen LogP contribution in [0.2, 0.25) is 0 Å². The second-order valence-corrected chi connectivity index (χ2v) is 5.72. The van der Waals surface area contributed by atoms with Crippen molar-refractivity contribution in [2.24, 2.45) is 5.41 Å². The molecule has 0 aliphatic heterocycles. The summed E-state index contributed by atoms with van der Waals surface area (Å²) in [5.74, 6) is 0. The summed E-state index contributed by atoms with van der Waals surface area (Å²) in [5, 5.41) is 1.14. The maximum Gasteiger partial charge on any atom is 0.152 e. The molecule has 1 aromatic carbocycles. The van der Waals surface area contributed by atoms with Crippen LogP contribution in [0, 0.1) is 5.41 Å². The SMILES string of the molecule is CC(C)(C)CCn1ccc2cccc(C=O)c21. The molecule has 0 unspecified atom stereocenters. The third-order valence-corrected chi connectivity index (χ3v) is 3.05. The molecule has 0 radical (unpaired) electrons. The van der Waals surface area contributed by atoms with E-state index < -0.39 is 0 Å². The molecule has 0 aliphatic rings. The number of benzene rings is 1. The van der Waals surface area contributed by atoms with Crippen molar-refractivity contribution < 1.29 is 4.79 Å². The number of carbonyl (C=O) groups excluding carboxylic acids is 1. The van der Waals surface area contributed by atoms with Gasteiger partial charge in [-0.05, 0) is 24.0 Å². The Morgan fingerprint density at radius 2 is 2.00 bits per heavy atom. The average Bonchev–Trinajstić information content (AvgIpc) is 2.68. The minimum atomic E-state index is 0.312. The van der Waals surface area contributed by atoms with Gasteiger partial charge in [-0.2, -0.15) is 0 Å². The molecule has 0 saturated carbocycles. The van der Waals surface area contributed by atoms with Gasteiger partial charge in [0.25, 0.3) is 0 Å². The molecule has 17 heavy (non-hydrogen) atoms. The number of nitrogens with zero attached hydrogens (tertiary/aromatic N) is 1. The molecule has 0 saturated heterocycles. The van der Waals surface area contributed by atoms with Crippen LogP contribution >= 0.6 is 0 Å². The number of fused-ring (bicyclic) bond motifs is 1. The van der Waals surface area contributed by atoms with E-state index in [-0.39, 0.29) is 0 Å². The largest absolute Gasteiger partial charge is 0.347 e. The topological polar surface area (TPSA) is 22.0 Å². The van der Waals surface area contributed by atoms with E-state index in [2.05, 4.69) is 43.7 Å². The van der Waals surface area contributed by atoms with Gasteiger partial charge in [-0.15, -0.1) is 0 Å². The lowest BCUT2D eigenvalue weighted by Gasteiger charge is -2.18. The second-order valence-electron chi connectivity index (χ2n) is 5.72. The molecule has 0 fully saturated rings. The van der Waals surface area contributed by atoms with Gasteiger partial charge in [-0.25, -0.2) is 0 Å². The van der Waals surface area contributed by atoms with Crippen LogP contribution in [0.5, 0.6) is 0 Å². The molecule has 0 aliphatic carbocycles. The maximum absolute atomic E-state index is 11.1. The molecule has 0 N–H and O–H groups in total. The normalized spacial score (nSPS) is 11.9. The van der Waals surface area contributed by atoms with Crippen molar-refractivity contribution in [1.82, 2.24) is 4.57 Å². The van der Waals surface area contributed by atoms with Crippen molar-refractivity contribution in [3.63, 3.8) is 0 Å². The average molecular weight is 229 g/mol. The van der Waals surface area contributed by atoms with E-state index in [1.54, 1.807) is 0 Å². The quantitative estimate of drug-likeness (QED) is 0.732. The van der Waals surface area contributed by atoms with Gasteiger partial charge in [0.2, 0.25) is 0 Å². The standard InChI is InChI=1S/C15H19NO/c1-15(2,3)8-10-16-9-7-12-5-4-6-13(11-17)14(12)16/h4-7,9,11H,8,10H2,1-3H3. The number of hydrogen-bond donors (Lipinski definition) is 0. The summed E-state index contributed by atoms with van der Waals surface area (Å²) in [5.41, 5.74) is 2.15. The summed E-state index contributed by atoms with van der Waals surface area (Å²) >= 11 is 0. The first kappa shape index (κ1) is 11.9. The molecule has 2 rings (SSSR count). The Morgan fingerprint density at radius 3 is 2.65 bits per heavy atom. The minimum absolute atomic E-state index is 0.312. The number of para-hydroxylation sites is 1. The molecule has 0 amide bonds. The van der Waals surface area contributed by atoms with Gasteiger partial charge < -0.3 is 4.57 Å². The first-order valence-corrected chi connectivity index (χ1v) is 6.04. The van der Waals surface area contributed by atoms with Crippen molar-refractivity contribution in [2.75, 3.05) is 0 Å². The zero-order chi connectivity index (χ0) is 12.5. The second kappa shape index (κ2) is 4.36. The van der Waals surface area contributed by atoms with Gasteiger partial charge in [-0.3, -0.25) is 4.79 Å². The van der Waals surface area contributed by atoms with Crippen molar-refractivity contribution in [3.8, 4) is 0 Å². The number of rotatable bonds is 3. The molecule has 0 bridgehead atoms. The Bertz CT molecular complexity index is 531. The monoisotopic (exact) mass is 229 g/mol. The highest BCUT2D eigenvalue weighted by molar-refractivity contribution is 5.96. The molecular formula is C15H19NO. The maximum atomic E-state index is 11.1. The van der Waals surface area contributed by atoms with Crippen LogP contribution in [-0.2, 0) is 6.54 Å². The predicted octanol–water partition coefficient (Wildman–Crippen LogP) is 3.89. The van der Waals surface area contributed by atoms with Crippen LogP contribution in [-0.4, -0.2) is 10.9 Å². The van der Waals surface area contributed by atoms with Crippen LogP contribution in [0.25, 0.3) is 10.9 Å². The molecule has 2 nitrogen and oxygen atoms in total. The fourth-order valence-corrected chi connectivity index (χ4v) is 2.03. The Labute approximate surface area is 102 Å². The number of aryl methyl sites for hydroxylation is 1. The van der Waals surface area contributed by atoms with E-state index in [1.807, 2.05) is 12.1 Å². The lowest BCUT2D eigenvalue weighted by atomic mass is 9.92. The van der Waals surface area contributed by atoms with Crippen molar-refractivity contribution >= 4 is 17.2 Å². The Morgan fingerprint density at radius 1 is 1.24 bits per heavy atom. The number of aromatic nitrogens is 1. The fraction of sp³-hybridized carbons (Fsp3) is 0.400. The summed E-state index contributed by atoms with van der Waals surface area (Å²) in [4.78, 5) is 11.1. The Balaban J connectivity index is 2.38. The third kappa shape index (κ3) is 2.57. The summed E-state index contributed by atoms with van der Waals surface area (Å²) in [6.07, 6.45) is 4.11. The van der Waals surface area contributed by atoms with Gasteiger partial charge in [0.15, 0.2) is 6.29 Å². The molecule has 1 aromatic heterocycles. The molecule has 2 aromatic rings. The number of aldehydes is 1. The highest BCUT2D eigenvalue weighted by atomic mass is 16.1. The first-order chi connectivity index (χ1) is 8.01. The van der Waals surface area contributed by atoms with Gasteiger partial charge in [0, 0.05) is 23.7 Å². The van der Waals surface area contributed by atoms with Crippen LogP contribution in [0.1, 0.15) is 37.6 Å². The van der Waals surface area contributed by atoms with Crippen molar-refractivity contribution in [3.05, 3.63) is 36.0 Å². The molecule has 2 heteroatoms. The Hall–Kier alpha value is -1.57. The van der Waals surface area contributed by atoms with E-state index in [1.165, 1.54) is 0 Å². The highest BCUT2D eigenvalue weighted by Gasteiger charge is 2.12. The van der Waals surface area contributed by atoms with Crippen molar-refractivity contribution in [1.29, 1.82) is 0 Å². The molecule has 1 heterocycles. The third-order valence-electron chi connectivity index (χ3n) is 3.05. The van der Waals surface area contributed by atoms with E-state index in [4.69, 9.17) is 0 Å². The summed E-state index contributed by atoms with van der Waals surface area (Å²) in [6.45, 7) is 7.66. The van der Waals surface area contributed by atoms with E-state index in [0.717, 1.165) is 35.7 Å². The van der Waals surface area contributed by atoms with E-state index >= 15 is 0 Å². The van der Waals surface area contributed by atoms with Crippen molar-refractivity contribution in [2.45, 2.75) is 33.7 Å². The van der Waals surface area contributed by atoms with Gasteiger partial charge >= 0.3 is 0 Å². The lowest BCUT2D eigenvalue weighted by Crippen LogP contribution is -2.10. The summed E-state index contributed by atoms with van der Waals surface area (Å²) in [7, 11) is 0. The highest BCUT2D eigenvalue weighted by Crippen LogP contribution is 2.23. The minimum Gasteiger partial charge on any atom is -0.347 e. The molecule has 0 spiro atoms. The number of hydrogen-bond acceptors (Lipinski definition) is 1. The van der Waals surface area contributed by atoms with Gasteiger partial charge in [0.1, 0.15) is 0 Å². The number of carbonyl (C=O) groups is 1. The lowest BCUT2D eigenvalue weighted by molar-refractivity contribution is 0.112. The van der Waals surface area contributed by atoms with Crippen LogP contribution in [0.3, 0.4) is 0 Å². The van der Waals surface area contributed by atoms with Crippen LogP contribution < -0.4 is 0 Å². The van der Waals surface area contributed by atoms with Gasteiger partial charge in [0.05, 0.1) is 5.52 Å². The smallest absolute Gasteiger partial charge is 0.152 e. The summed E-state index contributed by atoms with van der Waals surface area (Å²) < 4.78 is 2.18. The zero-order valence-electron chi connectivity index (χ0n) is 10.7. The fourth-order valence-electron chi connectivity index (χ4n) is 2.03. The Kier molecular flexibility index (Phi) is 3.05. The van der Waals surface area contributed by atoms with Crippen LogP contribution in [0.4, 0.5) is 0 Å². The molecule has 0 atom stereocenters. The predicted molar refractivity (Wildman–Crippen MR) is 71.4 cm³/mol. The molecular weight excluding hydrogens is 210 g/mol. The van der Waals surface area contributed by atoms with Gasteiger partial charge in [-0.1, -0.05) is 32.9 Å². The first-order valence-electron chi connectivity index (χ1n) is 6.04. The molecule has 90 valence electrons.